The summed E-state index contributed by atoms with van der Waals surface area (Å²) in [6, 6.07) is 9.23. The van der Waals surface area contributed by atoms with Crippen LogP contribution in [0.2, 0.25) is 0 Å². The molecule has 0 aliphatic heterocycles. The maximum Gasteiger partial charge on any atom is 0.270 e. The van der Waals surface area contributed by atoms with Crippen LogP contribution in [0.15, 0.2) is 35.1 Å². The summed E-state index contributed by atoms with van der Waals surface area (Å²) in [7, 11) is 3.41. The number of pyridine rings is 1. The van der Waals surface area contributed by atoms with Gasteiger partial charge in [0.15, 0.2) is 0 Å². The van der Waals surface area contributed by atoms with Gasteiger partial charge in [-0.15, -0.1) is 0 Å². The first-order chi connectivity index (χ1) is 9.91. The molecule has 4 nitrogen and oxygen atoms in total. The lowest BCUT2D eigenvalue weighted by atomic mass is 10.1. The molecule has 2 aromatic rings. The van der Waals surface area contributed by atoms with Crippen LogP contribution in [0.3, 0.4) is 0 Å². The first-order valence-electron chi connectivity index (χ1n) is 7.26. The molecule has 0 aliphatic carbocycles. The van der Waals surface area contributed by atoms with Crippen LogP contribution >= 0.6 is 0 Å². The van der Waals surface area contributed by atoms with Gasteiger partial charge in [0.2, 0.25) is 0 Å². The minimum Gasteiger partial charge on any atom is -0.343 e. The van der Waals surface area contributed by atoms with Gasteiger partial charge < -0.3 is 9.47 Å². The zero-order valence-corrected chi connectivity index (χ0v) is 13.1. The molecule has 0 radical (unpaired) electrons. The van der Waals surface area contributed by atoms with E-state index in [0.717, 1.165) is 11.8 Å². The first kappa shape index (κ1) is 15.3. The van der Waals surface area contributed by atoms with Crippen molar-refractivity contribution >= 4 is 16.7 Å². The molecule has 0 spiro atoms. The van der Waals surface area contributed by atoms with E-state index in [1.54, 1.807) is 18.7 Å². The number of amides is 1. The quantitative estimate of drug-likeness (QED) is 0.867. The summed E-state index contributed by atoms with van der Waals surface area (Å²) in [5.74, 6) is 0.340. The Labute approximate surface area is 125 Å². The Morgan fingerprint density at radius 1 is 1.24 bits per heavy atom. The van der Waals surface area contributed by atoms with Crippen molar-refractivity contribution in [1.29, 1.82) is 0 Å². The van der Waals surface area contributed by atoms with Gasteiger partial charge in [0.1, 0.15) is 5.69 Å². The van der Waals surface area contributed by atoms with E-state index in [9.17, 15) is 9.59 Å². The Morgan fingerprint density at radius 3 is 2.52 bits per heavy atom. The number of benzene rings is 1. The van der Waals surface area contributed by atoms with Gasteiger partial charge >= 0.3 is 0 Å². The summed E-state index contributed by atoms with van der Waals surface area (Å²) in [5, 5.41) is 1.48. The topological polar surface area (TPSA) is 42.3 Å². The number of carbonyl (C=O) groups is 1. The highest BCUT2D eigenvalue weighted by molar-refractivity contribution is 5.96. The van der Waals surface area contributed by atoms with Crippen LogP contribution in [0.1, 0.15) is 30.8 Å². The molecule has 0 unspecified atom stereocenters. The van der Waals surface area contributed by atoms with Gasteiger partial charge in [0, 0.05) is 26.0 Å². The Hall–Kier alpha value is -2.10. The summed E-state index contributed by atoms with van der Waals surface area (Å²) in [5.41, 5.74) is 0.378. The summed E-state index contributed by atoms with van der Waals surface area (Å²) in [4.78, 5) is 26.6. The number of nitrogens with zero attached hydrogens (tertiary/aromatic N) is 2. The molecule has 0 aliphatic rings. The second-order valence-electron chi connectivity index (χ2n) is 5.96. The fourth-order valence-electron chi connectivity index (χ4n) is 2.31. The van der Waals surface area contributed by atoms with Crippen molar-refractivity contribution in [3.63, 3.8) is 0 Å². The fraction of sp³-hybridized carbons (Fsp3) is 0.412. The van der Waals surface area contributed by atoms with Gasteiger partial charge in [0.25, 0.3) is 11.5 Å². The molecule has 4 heteroatoms. The number of hydrogen-bond donors (Lipinski definition) is 0. The lowest BCUT2D eigenvalue weighted by Gasteiger charge is -2.18. The molecule has 0 fully saturated rings. The molecule has 1 heterocycles. The fourth-order valence-corrected chi connectivity index (χ4v) is 2.31. The number of rotatable bonds is 4. The first-order valence-corrected chi connectivity index (χ1v) is 7.26. The van der Waals surface area contributed by atoms with Crippen LogP contribution in [0.4, 0.5) is 0 Å². The van der Waals surface area contributed by atoms with Crippen LogP contribution < -0.4 is 5.56 Å². The number of carbonyl (C=O) groups excluding carboxylic acids is 1. The molecule has 0 N–H and O–H groups in total. The molecule has 0 bridgehead atoms. The molecular weight excluding hydrogens is 264 g/mol. The molecule has 1 amide bonds. The van der Waals surface area contributed by atoms with Crippen LogP contribution in [0.5, 0.6) is 0 Å². The Morgan fingerprint density at radius 2 is 1.90 bits per heavy atom. The Bertz CT molecular complexity index is 714. The van der Waals surface area contributed by atoms with Crippen LogP contribution in [-0.2, 0) is 6.54 Å². The van der Waals surface area contributed by atoms with Gasteiger partial charge in [-0.05, 0) is 29.9 Å². The molecule has 1 aromatic carbocycles. The van der Waals surface area contributed by atoms with E-state index in [1.807, 2.05) is 30.3 Å². The maximum atomic E-state index is 12.7. The van der Waals surface area contributed by atoms with E-state index in [-0.39, 0.29) is 11.5 Å². The number of fused-ring (bicyclic) bond motifs is 1. The number of aromatic nitrogens is 1. The third kappa shape index (κ3) is 3.15. The van der Waals surface area contributed by atoms with Crippen molar-refractivity contribution < 1.29 is 4.79 Å². The monoisotopic (exact) mass is 286 g/mol. The molecule has 0 saturated heterocycles. The standard InChI is InChI=1S/C17H22N2O2/c1-12(2)9-10-19-15(17(21)18(3)4)11-13-7-5-6-8-14(13)16(19)20/h5-8,11-12H,9-10H2,1-4H3. The summed E-state index contributed by atoms with van der Waals surface area (Å²) in [6.45, 7) is 4.79. The largest absolute Gasteiger partial charge is 0.343 e. The minimum absolute atomic E-state index is 0.0843. The molecule has 0 saturated carbocycles. The normalized spacial score (nSPS) is 11.1. The molecule has 112 valence electrons. The van der Waals surface area contributed by atoms with E-state index in [1.165, 1.54) is 4.90 Å². The van der Waals surface area contributed by atoms with E-state index >= 15 is 0 Å². The van der Waals surface area contributed by atoms with Gasteiger partial charge in [-0.3, -0.25) is 9.59 Å². The lowest BCUT2D eigenvalue weighted by molar-refractivity contribution is 0.0815. The third-order valence-electron chi connectivity index (χ3n) is 3.57. The van der Waals surface area contributed by atoms with E-state index in [4.69, 9.17) is 0 Å². The van der Waals surface area contributed by atoms with Gasteiger partial charge in [-0.25, -0.2) is 0 Å². The Balaban J connectivity index is 2.65. The third-order valence-corrected chi connectivity index (χ3v) is 3.57. The molecule has 21 heavy (non-hydrogen) atoms. The maximum absolute atomic E-state index is 12.7. The van der Waals surface area contributed by atoms with Crippen LogP contribution in [-0.4, -0.2) is 29.5 Å². The Kier molecular flexibility index (Phi) is 4.46. The lowest BCUT2D eigenvalue weighted by Crippen LogP contribution is -2.32. The van der Waals surface area contributed by atoms with E-state index in [2.05, 4.69) is 13.8 Å². The summed E-state index contributed by atoms with van der Waals surface area (Å²) in [6.07, 6.45) is 0.867. The van der Waals surface area contributed by atoms with Crippen LogP contribution in [0.25, 0.3) is 10.8 Å². The van der Waals surface area contributed by atoms with Crippen LogP contribution in [0, 0.1) is 5.92 Å². The van der Waals surface area contributed by atoms with Gasteiger partial charge in [-0.2, -0.15) is 0 Å². The highest BCUT2D eigenvalue weighted by Crippen LogP contribution is 2.14. The van der Waals surface area contributed by atoms with E-state index < -0.39 is 0 Å². The van der Waals surface area contributed by atoms with Gasteiger partial charge in [0.05, 0.1) is 0 Å². The second kappa shape index (κ2) is 6.12. The second-order valence-corrected chi connectivity index (χ2v) is 5.96. The van der Waals surface area contributed by atoms with Crippen molar-refractivity contribution in [2.75, 3.05) is 14.1 Å². The number of hydrogen-bond acceptors (Lipinski definition) is 2. The predicted molar refractivity (Wildman–Crippen MR) is 85.7 cm³/mol. The van der Waals surface area contributed by atoms with Crippen molar-refractivity contribution in [1.82, 2.24) is 9.47 Å². The zero-order valence-electron chi connectivity index (χ0n) is 13.1. The van der Waals surface area contributed by atoms with Crippen molar-refractivity contribution in [3.8, 4) is 0 Å². The average molecular weight is 286 g/mol. The minimum atomic E-state index is -0.137. The summed E-state index contributed by atoms with van der Waals surface area (Å²) >= 11 is 0. The van der Waals surface area contributed by atoms with Crippen molar-refractivity contribution in [2.45, 2.75) is 26.8 Å². The molecule has 0 atom stereocenters. The van der Waals surface area contributed by atoms with E-state index in [0.29, 0.717) is 23.5 Å². The average Bonchev–Trinajstić information content (AvgIpc) is 2.45. The smallest absolute Gasteiger partial charge is 0.270 e. The molecule has 2 rings (SSSR count). The SMILES string of the molecule is CC(C)CCn1c(C(=O)N(C)C)cc2ccccc2c1=O. The van der Waals surface area contributed by atoms with Crippen molar-refractivity contribution in [2.24, 2.45) is 5.92 Å². The molecular formula is C17H22N2O2. The van der Waals surface area contributed by atoms with Gasteiger partial charge in [-0.1, -0.05) is 32.0 Å². The van der Waals surface area contributed by atoms with Crippen molar-refractivity contribution in [3.05, 3.63) is 46.4 Å². The highest BCUT2D eigenvalue weighted by atomic mass is 16.2. The molecule has 1 aromatic heterocycles. The highest BCUT2D eigenvalue weighted by Gasteiger charge is 2.17. The zero-order chi connectivity index (χ0) is 15.6. The summed E-state index contributed by atoms with van der Waals surface area (Å²) < 4.78 is 1.62. The predicted octanol–water partition coefficient (Wildman–Crippen LogP) is 2.75.